The smallest absolute Gasteiger partial charge is 0.308 e. The number of anilines is 1. The number of benzene rings is 3. The predicted octanol–water partition coefficient (Wildman–Crippen LogP) is 4.85. The highest BCUT2D eigenvalue weighted by Crippen LogP contribution is 2.18. The average Bonchev–Trinajstić information content (AvgIpc) is 2.77. The summed E-state index contributed by atoms with van der Waals surface area (Å²) in [5.74, 6) is -0.824. The minimum absolute atomic E-state index is 0.196. The van der Waals surface area contributed by atoms with Crippen LogP contribution in [-0.2, 0) is 16.1 Å². The molecule has 3 aromatic rings. The van der Waals surface area contributed by atoms with Gasteiger partial charge in [0, 0.05) is 35.8 Å². The van der Waals surface area contributed by atoms with E-state index in [9.17, 15) is 14.4 Å². The number of hydrogen-bond donors (Lipinski definition) is 2. The number of esters is 1. The Morgan fingerprint density at radius 2 is 1.72 bits per heavy atom. The molecule has 3 aromatic carbocycles. The van der Waals surface area contributed by atoms with Crippen LogP contribution in [0.25, 0.3) is 6.08 Å². The van der Waals surface area contributed by atoms with E-state index < -0.39 is 5.97 Å². The molecule has 2 amide bonds. The van der Waals surface area contributed by atoms with Crippen molar-refractivity contribution < 1.29 is 19.1 Å². The Morgan fingerprint density at radius 1 is 0.969 bits per heavy atom. The van der Waals surface area contributed by atoms with Crippen LogP contribution in [0.5, 0.6) is 5.75 Å². The normalized spacial score (nSPS) is 10.6. The average molecular weight is 449 g/mol. The molecule has 7 heteroatoms. The third-order valence-electron chi connectivity index (χ3n) is 4.39. The molecule has 32 heavy (non-hydrogen) atoms. The minimum atomic E-state index is -0.462. The van der Waals surface area contributed by atoms with Crippen molar-refractivity contribution >= 4 is 41.1 Å². The van der Waals surface area contributed by atoms with Crippen molar-refractivity contribution in [3.63, 3.8) is 0 Å². The van der Waals surface area contributed by atoms with Gasteiger partial charge in [0.25, 0.3) is 5.91 Å². The number of halogens is 1. The van der Waals surface area contributed by atoms with Gasteiger partial charge >= 0.3 is 5.97 Å². The predicted molar refractivity (Wildman–Crippen MR) is 124 cm³/mol. The highest BCUT2D eigenvalue weighted by molar-refractivity contribution is 6.32. The topological polar surface area (TPSA) is 84.5 Å². The number of carbonyl (C=O) groups is 3. The lowest BCUT2D eigenvalue weighted by molar-refractivity contribution is -0.131. The van der Waals surface area contributed by atoms with E-state index in [2.05, 4.69) is 10.6 Å². The SMILES string of the molecule is CC(=O)Oc1cccc(C(=O)NCc2ccccc2NC(=O)/C=C/c2ccccc2Cl)c1. The third kappa shape index (κ3) is 6.55. The second-order valence-electron chi connectivity index (χ2n) is 6.81. The van der Waals surface area contributed by atoms with E-state index in [0.29, 0.717) is 22.0 Å². The molecule has 0 aliphatic carbocycles. The van der Waals surface area contributed by atoms with Crippen LogP contribution in [0, 0.1) is 0 Å². The van der Waals surface area contributed by atoms with Crippen LogP contribution in [0.3, 0.4) is 0 Å². The number of rotatable bonds is 7. The molecule has 0 aromatic heterocycles. The lowest BCUT2D eigenvalue weighted by Crippen LogP contribution is -2.23. The van der Waals surface area contributed by atoms with Crippen LogP contribution < -0.4 is 15.4 Å². The summed E-state index contributed by atoms with van der Waals surface area (Å²) in [4.78, 5) is 36.0. The van der Waals surface area contributed by atoms with E-state index in [1.165, 1.54) is 19.1 Å². The maximum Gasteiger partial charge on any atom is 0.308 e. The fourth-order valence-electron chi connectivity index (χ4n) is 2.89. The van der Waals surface area contributed by atoms with Crippen LogP contribution in [0.15, 0.2) is 78.9 Å². The number of ether oxygens (including phenoxy) is 1. The summed E-state index contributed by atoms with van der Waals surface area (Å²) in [6.45, 7) is 1.49. The first-order chi connectivity index (χ1) is 15.4. The second kappa shape index (κ2) is 10.9. The van der Waals surface area contributed by atoms with Crippen molar-refractivity contribution in [3.05, 3.63) is 101 Å². The van der Waals surface area contributed by atoms with E-state index in [4.69, 9.17) is 16.3 Å². The second-order valence-corrected chi connectivity index (χ2v) is 7.21. The van der Waals surface area contributed by atoms with Crippen LogP contribution in [0.2, 0.25) is 5.02 Å². The van der Waals surface area contributed by atoms with Crippen LogP contribution in [0.4, 0.5) is 5.69 Å². The Bertz CT molecular complexity index is 1170. The first-order valence-corrected chi connectivity index (χ1v) is 10.2. The molecule has 0 aliphatic heterocycles. The number of para-hydroxylation sites is 1. The zero-order valence-electron chi connectivity index (χ0n) is 17.3. The standard InChI is InChI=1S/C25H21ClN2O4/c1-17(29)32-21-10-6-9-19(15-21)25(31)27-16-20-8-3-5-12-23(20)28-24(30)14-13-18-7-2-4-11-22(18)26/h2-15H,16H2,1H3,(H,27,31)(H,28,30)/b14-13+. The maximum atomic E-state index is 12.5. The minimum Gasteiger partial charge on any atom is -0.427 e. The zero-order chi connectivity index (χ0) is 22.9. The van der Waals surface area contributed by atoms with E-state index in [1.54, 1.807) is 42.5 Å². The van der Waals surface area contributed by atoms with E-state index in [1.807, 2.05) is 30.3 Å². The molecule has 0 fully saturated rings. The highest BCUT2D eigenvalue weighted by Gasteiger charge is 2.10. The molecule has 3 rings (SSSR count). The van der Waals surface area contributed by atoms with Gasteiger partial charge in [0.05, 0.1) is 0 Å². The fraction of sp³-hybridized carbons (Fsp3) is 0.0800. The first kappa shape index (κ1) is 22.8. The van der Waals surface area contributed by atoms with Crippen molar-refractivity contribution in [1.29, 1.82) is 0 Å². The third-order valence-corrected chi connectivity index (χ3v) is 4.74. The molecular weight excluding hydrogens is 428 g/mol. The lowest BCUT2D eigenvalue weighted by Gasteiger charge is -2.11. The maximum absolute atomic E-state index is 12.5. The fourth-order valence-corrected chi connectivity index (χ4v) is 3.09. The molecule has 2 N–H and O–H groups in total. The van der Waals surface area contributed by atoms with Gasteiger partial charge < -0.3 is 15.4 Å². The van der Waals surface area contributed by atoms with Gasteiger partial charge in [-0.05, 0) is 47.5 Å². The van der Waals surface area contributed by atoms with E-state index in [0.717, 1.165) is 11.1 Å². The number of carbonyl (C=O) groups excluding carboxylic acids is 3. The van der Waals surface area contributed by atoms with Gasteiger partial charge in [0.15, 0.2) is 0 Å². The summed E-state index contributed by atoms with van der Waals surface area (Å²) >= 11 is 6.10. The molecule has 6 nitrogen and oxygen atoms in total. The van der Waals surface area contributed by atoms with Gasteiger partial charge in [-0.3, -0.25) is 14.4 Å². The Kier molecular flexibility index (Phi) is 7.78. The summed E-state index contributed by atoms with van der Waals surface area (Å²) in [5, 5.41) is 6.18. The van der Waals surface area contributed by atoms with Crippen molar-refractivity contribution in [2.75, 3.05) is 5.32 Å². The monoisotopic (exact) mass is 448 g/mol. The molecule has 0 atom stereocenters. The van der Waals surface area contributed by atoms with Crippen LogP contribution in [-0.4, -0.2) is 17.8 Å². The first-order valence-electron chi connectivity index (χ1n) is 9.80. The van der Waals surface area contributed by atoms with Gasteiger partial charge in [0.1, 0.15) is 5.75 Å². The molecule has 0 aliphatic rings. The van der Waals surface area contributed by atoms with Gasteiger partial charge in [-0.2, -0.15) is 0 Å². The molecular formula is C25H21ClN2O4. The zero-order valence-corrected chi connectivity index (χ0v) is 18.1. The quantitative estimate of drug-likeness (QED) is 0.307. The molecule has 0 radical (unpaired) electrons. The Labute approximate surface area is 190 Å². The van der Waals surface area contributed by atoms with Gasteiger partial charge in [-0.1, -0.05) is 54.1 Å². The van der Waals surface area contributed by atoms with Gasteiger partial charge in [0.2, 0.25) is 5.91 Å². The molecule has 0 spiro atoms. The lowest BCUT2D eigenvalue weighted by atomic mass is 10.1. The molecule has 162 valence electrons. The Morgan fingerprint density at radius 3 is 2.50 bits per heavy atom. The van der Waals surface area contributed by atoms with Gasteiger partial charge in [-0.15, -0.1) is 0 Å². The Hall–Kier alpha value is -3.90. The molecule has 0 saturated heterocycles. The van der Waals surface area contributed by atoms with Crippen molar-refractivity contribution in [2.45, 2.75) is 13.5 Å². The number of hydrogen-bond acceptors (Lipinski definition) is 4. The summed E-state index contributed by atoms with van der Waals surface area (Å²) in [6, 6.07) is 20.7. The summed E-state index contributed by atoms with van der Waals surface area (Å²) < 4.78 is 5.01. The van der Waals surface area contributed by atoms with Crippen LogP contribution >= 0.6 is 11.6 Å². The van der Waals surface area contributed by atoms with Gasteiger partial charge in [-0.25, -0.2) is 0 Å². The highest BCUT2D eigenvalue weighted by atomic mass is 35.5. The van der Waals surface area contributed by atoms with Crippen molar-refractivity contribution in [1.82, 2.24) is 5.32 Å². The molecule has 0 saturated carbocycles. The molecule has 0 unspecified atom stereocenters. The largest absolute Gasteiger partial charge is 0.427 e. The van der Waals surface area contributed by atoms with E-state index >= 15 is 0 Å². The summed E-state index contributed by atoms with van der Waals surface area (Å²) in [6.07, 6.45) is 3.04. The molecule has 0 bridgehead atoms. The van der Waals surface area contributed by atoms with Crippen LogP contribution in [0.1, 0.15) is 28.4 Å². The summed E-state index contributed by atoms with van der Waals surface area (Å²) in [5.41, 5.74) is 2.40. The number of nitrogens with one attached hydrogen (secondary N) is 2. The molecule has 0 heterocycles. The Balaban J connectivity index is 1.64. The van der Waals surface area contributed by atoms with Crippen molar-refractivity contribution in [3.8, 4) is 5.75 Å². The van der Waals surface area contributed by atoms with E-state index in [-0.39, 0.29) is 18.4 Å². The summed E-state index contributed by atoms with van der Waals surface area (Å²) in [7, 11) is 0. The number of amides is 2. The van der Waals surface area contributed by atoms with Crippen molar-refractivity contribution in [2.24, 2.45) is 0 Å².